The van der Waals surface area contributed by atoms with E-state index in [0.717, 1.165) is 12.8 Å². The maximum atomic E-state index is 11.6. The third-order valence-corrected chi connectivity index (χ3v) is 2.61. The molecule has 0 bridgehead atoms. The van der Waals surface area contributed by atoms with Crippen LogP contribution >= 0.6 is 0 Å². The van der Waals surface area contributed by atoms with Crippen LogP contribution in [0, 0.1) is 0 Å². The van der Waals surface area contributed by atoms with Crippen LogP contribution < -0.4 is 16.8 Å². The molecule has 0 aromatic rings. The molecule has 0 aliphatic rings. The van der Waals surface area contributed by atoms with E-state index in [1.54, 1.807) is 6.92 Å². The Hall–Kier alpha value is -1.18. The molecule has 0 heterocycles. The normalized spacial score (nSPS) is 13.2. The number of carbonyl (C=O) groups is 1. The third-order valence-electron chi connectivity index (χ3n) is 2.61. The van der Waals surface area contributed by atoms with Gasteiger partial charge in [-0.25, -0.2) is 0 Å². The summed E-state index contributed by atoms with van der Waals surface area (Å²) >= 11 is 0. The highest BCUT2D eigenvalue weighted by Gasteiger charge is 2.11. The van der Waals surface area contributed by atoms with Gasteiger partial charge in [-0.05, 0) is 32.6 Å². The first-order chi connectivity index (χ1) is 9.57. The van der Waals surface area contributed by atoms with Gasteiger partial charge < -0.3 is 26.6 Å². The van der Waals surface area contributed by atoms with Crippen molar-refractivity contribution in [1.82, 2.24) is 5.32 Å². The number of amidine groups is 1. The molecule has 7 nitrogen and oxygen atoms in total. The first-order valence-electron chi connectivity index (χ1n) is 7.06. The van der Waals surface area contributed by atoms with Gasteiger partial charge in [-0.3, -0.25) is 9.79 Å². The lowest BCUT2D eigenvalue weighted by Gasteiger charge is -2.12. The van der Waals surface area contributed by atoms with E-state index in [-0.39, 0.29) is 12.5 Å². The molecule has 7 heteroatoms. The topological polar surface area (TPSA) is 123 Å². The number of hydrogen-bond acceptors (Lipinski definition) is 5. The number of nitrogens with zero attached hydrogens (tertiary/aromatic N) is 1. The molecule has 0 aliphatic carbocycles. The number of amides is 1. The van der Waals surface area contributed by atoms with E-state index in [1.165, 1.54) is 0 Å². The maximum absolute atomic E-state index is 11.6. The van der Waals surface area contributed by atoms with E-state index in [0.29, 0.717) is 45.0 Å². The van der Waals surface area contributed by atoms with E-state index in [9.17, 15) is 4.79 Å². The Morgan fingerprint density at radius 1 is 1.35 bits per heavy atom. The zero-order chi connectivity index (χ0) is 15.2. The first kappa shape index (κ1) is 18.8. The summed E-state index contributed by atoms with van der Waals surface area (Å²) in [7, 11) is 0. The molecule has 0 spiro atoms. The fourth-order valence-electron chi connectivity index (χ4n) is 1.51. The molecular weight excluding hydrogens is 260 g/mol. The minimum Gasteiger partial charge on any atom is -0.396 e. The van der Waals surface area contributed by atoms with E-state index in [1.807, 2.05) is 0 Å². The smallest absolute Gasteiger partial charge is 0.236 e. The molecule has 0 fully saturated rings. The van der Waals surface area contributed by atoms with Crippen molar-refractivity contribution in [3.8, 4) is 0 Å². The summed E-state index contributed by atoms with van der Waals surface area (Å²) in [4.78, 5) is 15.7. The van der Waals surface area contributed by atoms with Crippen LogP contribution in [-0.2, 0) is 9.53 Å². The zero-order valence-electron chi connectivity index (χ0n) is 12.3. The van der Waals surface area contributed by atoms with Crippen molar-refractivity contribution in [1.29, 1.82) is 0 Å². The van der Waals surface area contributed by atoms with Crippen molar-refractivity contribution in [2.75, 3.05) is 32.9 Å². The summed E-state index contributed by atoms with van der Waals surface area (Å²) in [5.41, 5.74) is 11.2. The van der Waals surface area contributed by atoms with E-state index in [2.05, 4.69) is 10.3 Å². The molecule has 0 saturated heterocycles. The van der Waals surface area contributed by atoms with Gasteiger partial charge in [0, 0.05) is 26.3 Å². The van der Waals surface area contributed by atoms with Crippen LogP contribution in [0.1, 0.15) is 32.6 Å². The number of aliphatic imine (C=N–C) groups is 1. The van der Waals surface area contributed by atoms with Gasteiger partial charge in [0.2, 0.25) is 5.91 Å². The Morgan fingerprint density at radius 3 is 2.75 bits per heavy atom. The number of aliphatic hydroxyl groups excluding tert-OH is 1. The SMILES string of the molecule is CC(N)=NCCCCC(N)C(=O)NCCOCCCO. The number of unbranched alkanes of at least 4 members (excludes halogenated alkanes) is 1. The molecule has 0 rings (SSSR count). The van der Waals surface area contributed by atoms with Crippen LogP contribution in [0.25, 0.3) is 0 Å². The van der Waals surface area contributed by atoms with Crippen molar-refractivity contribution in [3.05, 3.63) is 0 Å². The zero-order valence-corrected chi connectivity index (χ0v) is 12.3. The summed E-state index contributed by atoms with van der Waals surface area (Å²) in [6.45, 7) is 3.92. The van der Waals surface area contributed by atoms with Gasteiger partial charge >= 0.3 is 0 Å². The highest BCUT2D eigenvalue weighted by Crippen LogP contribution is 1.99. The van der Waals surface area contributed by atoms with Gasteiger partial charge in [0.25, 0.3) is 0 Å². The quantitative estimate of drug-likeness (QED) is 0.216. The molecule has 0 aliphatic heterocycles. The lowest BCUT2D eigenvalue weighted by atomic mass is 10.1. The Labute approximate surface area is 120 Å². The third kappa shape index (κ3) is 11.9. The standard InChI is InChI=1S/C13H28N4O3/c1-11(14)16-6-3-2-5-12(15)13(19)17-7-10-20-9-4-8-18/h12,18H,2-10,15H2,1H3,(H2,14,16)(H,17,19). The number of nitrogens with two attached hydrogens (primary N) is 2. The van der Waals surface area contributed by atoms with Gasteiger partial charge in [0.05, 0.1) is 18.5 Å². The number of hydrogen-bond donors (Lipinski definition) is 4. The molecular formula is C13H28N4O3. The predicted octanol–water partition coefficient (Wildman–Crippen LogP) is -0.624. The summed E-state index contributed by atoms with van der Waals surface area (Å²) in [5, 5.41) is 11.3. The highest BCUT2D eigenvalue weighted by atomic mass is 16.5. The van der Waals surface area contributed by atoms with Gasteiger partial charge in [0.1, 0.15) is 0 Å². The maximum Gasteiger partial charge on any atom is 0.236 e. The van der Waals surface area contributed by atoms with Gasteiger partial charge in [-0.2, -0.15) is 0 Å². The van der Waals surface area contributed by atoms with Crippen molar-refractivity contribution in [3.63, 3.8) is 0 Å². The van der Waals surface area contributed by atoms with Gasteiger partial charge in [0.15, 0.2) is 0 Å². The molecule has 0 radical (unpaired) electrons. The molecule has 20 heavy (non-hydrogen) atoms. The number of carbonyl (C=O) groups excluding carboxylic acids is 1. The van der Waals surface area contributed by atoms with Crippen LogP contribution in [-0.4, -0.2) is 55.8 Å². The Kier molecular flexibility index (Phi) is 12.1. The van der Waals surface area contributed by atoms with Crippen molar-refractivity contribution >= 4 is 11.7 Å². The van der Waals surface area contributed by atoms with Crippen molar-refractivity contribution in [2.24, 2.45) is 16.5 Å². The number of rotatable bonds is 12. The Balaban J connectivity index is 3.49. The van der Waals surface area contributed by atoms with Crippen molar-refractivity contribution in [2.45, 2.75) is 38.6 Å². The van der Waals surface area contributed by atoms with Gasteiger partial charge in [-0.1, -0.05) is 0 Å². The lowest BCUT2D eigenvalue weighted by molar-refractivity contribution is -0.122. The van der Waals surface area contributed by atoms with E-state index in [4.69, 9.17) is 21.3 Å². The molecule has 1 unspecified atom stereocenters. The average molecular weight is 288 g/mol. The van der Waals surface area contributed by atoms with E-state index >= 15 is 0 Å². The first-order valence-corrected chi connectivity index (χ1v) is 7.06. The molecule has 1 amide bonds. The van der Waals surface area contributed by atoms with E-state index < -0.39 is 6.04 Å². The largest absolute Gasteiger partial charge is 0.396 e. The van der Waals surface area contributed by atoms with Crippen LogP contribution in [0.3, 0.4) is 0 Å². The fraction of sp³-hybridized carbons (Fsp3) is 0.846. The van der Waals surface area contributed by atoms with Crippen LogP contribution in [0.15, 0.2) is 4.99 Å². The summed E-state index contributed by atoms with van der Waals surface area (Å²) in [5.74, 6) is 0.419. The second-order valence-electron chi connectivity index (χ2n) is 4.61. The second-order valence-corrected chi connectivity index (χ2v) is 4.61. The Bertz CT molecular complexity index is 281. The molecule has 0 saturated carbocycles. The van der Waals surface area contributed by atoms with Crippen LogP contribution in [0.5, 0.6) is 0 Å². The molecule has 118 valence electrons. The monoisotopic (exact) mass is 288 g/mol. The number of aliphatic hydroxyl groups is 1. The predicted molar refractivity (Wildman–Crippen MR) is 79.5 cm³/mol. The highest BCUT2D eigenvalue weighted by molar-refractivity contribution is 5.81. The number of nitrogens with one attached hydrogen (secondary N) is 1. The van der Waals surface area contributed by atoms with Gasteiger partial charge in [-0.15, -0.1) is 0 Å². The Morgan fingerprint density at radius 2 is 2.10 bits per heavy atom. The molecule has 0 aromatic heterocycles. The summed E-state index contributed by atoms with van der Waals surface area (Å²) in [6.07, 6.45) is 2.96. The summed E-state index contributed by atoms with van der Waals surface area (Å²) in [6, 6.07) is -0.490. The van der Waals surface area contributed by atoms with Crippen LogP contribution in [0.2, 0.25) is 0 Å². The molecule has 6 N–H and O–H groups in total. The number of ether oxygens (including phenoxy) is 1. The molecule has 1 atom stereocenters. The second kappa shape index (κ2) is 12.8. The molecule has 0 aromatic carbocycles. The average Bonchev–Trinajstić information content (AvgIpc) is 2.41. The summed E-state index contributed by atoms with van der Waals surface area (Å²) < 4.78 is 5.20. The minimum absolute atomic E-state index is 0.116. The lowest BCUT2D eigenvalue weighted by Crippen LogP contribution is -2.41. The van der Waals surface area contributed by atoms with Crippen LogP contribution in [0.4, 0.5) is 0 Å². The fourth-order valence-corrected chi connectivity index (χ4v) is 1.51. The minimum atomic E-state index is -0.490. The van der Waals surface area contributed by atoms with Crippen molar-refractivity contribution < 1.29 is 14.6 Å².